The minimum atomic E-state index is -0.445. The summed E-state index contributed by atoms with van der Waals surface area (Å²) in [5.41, 5.74) is 1.40. The van der Waals surface area contributed by atoms with Gasteiger partial charge in [0.05, 0.1) is 6.54 Å². The predicted octanol–water partition coefficient (Wildman–Crippen LogP) is 3.65. The van der Waals surface area contributed by atoms with E-state index in [0.29, 0.717) is 12.1 Å². The van der Waals surface area contributed by atoms with Crippen LogP contribution in [-0.2, 0) is 4.74 Å². The summed E-state index contributed by atoms with van der Waals surface area (Å²) in [6, 6.07) is 14.4. The number of hydrogen-bond acceptors (Lipinski definition) is 3. The van der Waals surface area contributed by atoms with Crippen molar-refractivity contribution < 1.29 is 13.9 Å². The van der Waals surface area contributed by atoms with E-state index in [1.165, 1.54) is 6.07 Å². The van der Waals surface area contributed by atoms with Gasteiger partial charge in [-0.2, -0.15) is 0 Å². The Kier molecular flexibility index (Phi) is 4.71. The third kappa shape index (κ3) is 3.13. The molecule has 2 aromatic carbocycles. The van der Waals surface area contributed by atoms with E-state index in [2.05, 4.69) is 12.2 Å². The highest BCUT2D eigenvalue weighted by molar-refractivity contribution is 5.42. The van der Waals surface area contributed by atoms with Crippen molar-refractivity contribution in [2.24, 2.45) is 0 Å². The Labute approximate surface area is 130 Å². The molecule has 3 nitrogen and oxygen atoms in total. The summed E-state index contributed by atoms with van der Waals surface area (Å²) in [5, 5.41) is 3.28. The topological polar surface area (TPSA) is 30.5 Å². The van der Waals surface area contributed by atoms with Crippen LogP contribution >= 0.6 is 0 Å². The Bertz CT molecular complexity index is 632. The number of nitrogens with one attached hydrogen (secondary N) is 1. The molecule has 1 N–H and O–H groups in total. The van der Waals surface area contributed by atoms with Crippen molar-refractivity contribution in [1.82, 2.24) is 5.32 Å². The second kappa shape index (κ2) is 6.90. The van der Waals surface area contributed by atoms with E-state index in [1.807, 2.05) is 30.3 Å². The highest BCUT2D eigenvalue weighted by atomic mass is 19.1. The number of rotatable bonds is 5. The van der Waals surface area contributed by atoms with Gasteiger partial charge >= 0.3 is 0 Å². The number of para-hydroxylation sites is 1. The Balaban J connectivity index is 1.89. The molecular formula is C18H20FNO2. The van der Waals surface area contributed by atoms with Gasteiger partial charge in [0.15, 0.2) is 0 Å². The summed E-state index contributed by atoms with van der Waals surface area (Å²) >= 11 is 0. The fraction of sp³-hybridized carbons (Fsp3) is 0.333. The van der Waals surface area contributed by atoms with Gasteiger partial charge in [0.2, 0.25) is 6.29 Å². The predicted molar refractivity (Wildman–Crippen MR) is 83.3 cm³/mol. The molecular weight excluding hydrogens is 281 g/mol. The van der Waals surface area contributed by atoms with Gasteiger partial charge in [-0.1, -0.05) is 43.3 Å². The van der Waals surface area contributed by atoms with E-state index < -0.39 is 12.4 Å². The van der Waals surface area contributed by atoms with Gasteiger partial charge in [-0.15, -0.1) is 0 Å². The van der Waals surface area contributed by atoms with Crippen molar-refractivity contribution in [2.75, 3.05) is 13.1 Å². The van der Waals surface area contributed by atoms with Gasteiger partial charge in [0.25, 0.3) is 0 Å². The summed E-state index contributed by atoms with van der Waals surface area (Å²) in [4.78, 5) is 0. The molecule has 0 amide bonds. The van der Waals surface area contributed by atoms with Crippen molar-refractivity contribution in [1.29, 1.82) is 0 Å². The molecule has 1 heterocycles. The van der Waals surface area contributed by atoms with Crippen LogP contribution in [0.15, 0.2) is 48.5 Å². The molecule has 2 atom stereocenters. The zero-order valence-corrected chi connectivity index (χ0v) is 12.6. The number of benzene rings is 2. The number of halogens is 1. The van der Waals surface area contributed by atoms with E-state index in [-0.39, 0.29) is 5.82 Å². The molecule has 1 aliphatic heterocycles. The SMILES string of the molecule is CCCNCC1Oc2ccccc2C(c2ccccc2F)O1. The fourth-order valence-corrected chi connectivity index (χ4v) is 2.61. The highest BCUT2D eigenvalue weighted by Crippen LogP contribution is 2.38. The summed E-state index contributed by atoms with van der Waals surface area (Å²) in [5.74, 6) is 0.495. The average Bonchev–Trinajstić information content (AvgIpc) is 2.55. The third-order valence-corrected chi connectivity index (χ3v) is 3.67. The van der Waals surface area contributed by atoms with Gasteiger partial charge in [-0.05, 0) is 25.1 Å². The normalized spacial score (nSPS) is 20.3. The van der Waals surface area contributed by atoms with Crippen LogP contribution in [0.5, 0.6) is 5.75 Å². The Morgan fingerprint density at radius 3 is 2.55 bits per heavy atom. The minimum absolute atomic E-state index is 0.260. The van der Waals surface area contributed by atoms with Crippen LogP contribution in [0, 0.1) is 5.82 Å². The first-order valence-electron chi connectivity index (χ1n) is 7.65. The minimum Gasteiger partial charge on any atom is -0.463 e. The lowest BCUT2D eigenvalue weighted by atomic mass is 9.99. The van der Waals surface area contributed by atoms with Crippen LogP contribution in [0.25, 0.3) is 0 Å². The molecule has 0 aromatic heterocycles. The first kappa shape index (κ1) is 15.0. The lowest BCUT2D eigenvalue weighted by molar-refractivity contribution is -0.125. The standard InChI is InChI=1S/C18H20FNO2/c1-2-11-20-12-17-21-16-10-6-4-8-14(16)18(22-17)13-7-3-5-9-15(13)19/h3-10,17-18,20H,2,11-12H2,1H3. The summed E-state index contributed by atoms with van der Waals surface area (Å²) in [7, 11) is 0. The van der Waals surface area contributed by atoms with Gasteiger partial charge in [-0.3, -0.25) is 0 Å². The maximum absolute atomic E-state index is 14.2. The van der Waals surface area contributed by atoms with Crippen molar-refractivity contribution in [3.63, 3.8) is 0 Å². The zero-order chi connectivity index (χ0) is 15.4. The van der Waals surface area contributed by atoms with Crippen molar-refractivity contribution in [2.45, 2.75) is 25.7 Å². The molecule has 2 unspecified atom stereocenters. The van der Waals surface area contributed by atoms with E-state index in [9.17, 15) is 4.39 Å². The monoisotopic (exact) mass is 301 g/mol. The second-order valence-electron chi connectivity index (χ2n) is 5.33. The van der Waals surface area contributed by atoms with Gasteiger partial charge < -0.3 is 14.8 Å². The summed E-state index contributed by atoms with van der Waals surface area (Å²) < 4.78 is 26.0. The molecule has 2 aromatic rings. The second-order valence-corrected chi connectivity index (χ2v) is 5.33. The first-order valence-corrected chi connectivity index (χ1v) is 7.65. The number of ether oxygens (including phenoxy) is 2. The lowest BCUT2D eigenvalue weighted by Gasteiger charge is -2.33. The maximum Gasteiger partial charge on any atom is 0.213 e. The highest BCUT2D eigenvalue weighted by Gasteiger charge is 2.31. The summed E-state index contributed by atoms with van der Waals surface area (Å²) in [6.45, 7) is 3.58. The first-order chi connectivity index (χ1) is 10.8. The Morgan fingerprint density at radius 1 is 1.05 bits per heavy atom. The largest absolute Gasteiger partial charge is 0.463 e. The maximum atomic E-state index is 14.2. The molecule has 22 heavy (non-hydrogen) atoms. The Hall–Kier alpha value is -1.91. The van der Waals surface area contributed by atoms with Gasteiger partial charge in [0.1, 0.15) is 17.7 Å². The van der Waals surface area contributed by atoms with Crippen LogP contribution in [0.1, 0.15) is 30.6 Å². The van der Waals surface area contributed by atoms with Gasteiger partial charge in [0, 0.05) is 11.1 Å². The van der Waals surface area contributed by atoms with Crippen molar-refractivity contribution >= 4 is 0 Å². The molecule has 0 aliphatic carbocycles. The third-order valence-electron chi connectivity index (χ3n) is 3.67. The lowest BCUT2D eigenvalue weighted by Crippen LogP contribution is -2.38. The molecule has 0 bridgehead atoms. The molecule has 4 heteroatoms. The quantitative estimate of drug-likeness (QED) is 0.855. The molecule has 1 aliphatic rings. The molecule has 0 saturated carbocycles. The van der Waals surface area contributed by atoms with Gasteiger partial charge in [-0.25, -0.2) is 4.39 Å². The van der Waals surface area contributed by atoms with E-state index in [0.717, 1.165) is 24.3 Å². The summed E-state index contributed by atoms with van der Waals surface area (Å²) in [6.07, 6.45) is 0.172. The van der Waals surface area contributed by atoms with Crippen molar-refractivity contribution in [3.05, 3.63) is 65.5 Å². The molecule has 0 saturated heterocycles. The smallest absolute Gasteiger partial charge is 0.213 e. The molecule has 3 rings (SSSR count). The van der Waals surface area contributed by atoms with Crippen molar-refractivity contribution in [3.8, 4) is 5.75 Å². The molecule has 0 radical (unpaired) electrons. The molecule has 0 fully saturated rings. The molecule has 116 valence electrons. The fourth-order valence-electron chi connectivity index (χ4n) is 2.61. The van der Waals surface area contributed by atoms with E-state index in [1.54, 1.807) is 12.1 Å². The van der Waals surface area contributed by atoms with Crippen LogP contribution in [0.3, 0.4) is 0 Å². The zero-order valence-electron chi connectivity index (χ0n) is 12.6. The number of fused-ring (bicyclic) bond motifs is 1. The molecule has 0 spiro atoms. The van der Waals surface area contributed by atoms with E-state index in [4.69, 9.17) is 9.47 Å². The average molecular weight is 301 g/mol. The van der Waals surface area contributed by atoms with Crippen LogP contribution in [0.2, 0.25) is 0 Å². The number of hydrogen-bond donors (Lipinski definition) is 1. The van der Waals surface area contributed by atoms with Crippen LogP contribution < -0.4 is 10.1 Å². The Morgan fingerprint density at radius 2 is 1.77 bits per heavy atom. The van der Waals surface area contributed by atoms with E-state index >= 15 is 0 Å². The van der Waals surface area contributed by atoms with Crippen LogP contribution in [-0.4, -0.2) is 19.4 Å². The van der Waals surface area contributed by atoms with Crippen LogP contribution in [0.4, 0.5) is 4.39 Å².